The Bertz CT molecular complexity index is 246. The average Bonchev–Trinajstić information content (AvgIpc) is 2.17. The van der Waals surface area contributed by atoms with Gasteiger partial charge in [-0.3, -0.25) is 4.98 Å². The summed E-state index contributed by atoms with van der Waals surface area (Å²) in [6.07, 6.45) is 1.91. The Morgan fingerprint density at radius 1 is 1.36 bits per heavy atom. The summed E-state index contributed by atoms with van der Waals surface area (Å²) in [6, 6.07) is 6.25. The van der Waals surface area contributed by atoms with Gasteiger partial charge in [-0.15, -0.1) is 0 Å². The molecule has 0 saturated heterocycles. The predicted octanol–water partition coefficient (Wildman–Crippen LogP) is 3.33. The summed E-state index contributed by atoms with van der Waals surface area (Å²) in [5.74, 6) is 0.857. The van der Waals surface area contributed by atoms with Crippen molar-refractivity contribution in [3.63, 3.8) is 0 Å². The van der Waals surface area contributed by atoms with E-state index in [1.54, 1.807) is 0 Å². The molecule has 0 fully saturated rings. The van der Waals surface area contributed by atoms with Gasteiger partial charge in [0.25, 0.3) is 14.1 Å². The Balaban J connectivity index is 2.48. The van der Waals surface area contributed by atoms with E-state index < -0.39 is 14.1 Å². The fourth-order valence-electron chi connectivity index (χ4n) is 1.88. The number of nitrogens with zero attached hydrogens (tertiary/aromatic N) is 1. The number of hydrogen-bond acceptors (Lipinski definition) is 1. The first kappa shape index (κ1) is 11.8. The number of rotatable bonds is 5. The van der Waals surface area contributed by atoms with Crippen molar-refractivity contribution in [2.75, 3.05) is 0 Å². The first-order valence-corrected chi connectivity index (χ1v) is 8.07. The summed E-state index contributed by atoms with van der Waals surface area (Å²) < 4.78 is 0. The van der Waals surface area contributed by atoms with E-state index >= 15 is 0 Å². The first-order chi connectivity index (χ1) is 6.72. The maximum atomic E-state index is 4.41. The van der Waals surface area contributed by atoms with E-state index in [-0.39, 0.29) is 0 Å². The highest BCUT2D eigenvalue weighted by Crippen LogP contribution is 2.12. The minimum Gasteiger partial charge on any atom is -0.263 e. The van der Waals surface area contributed by atoms with E-state index in [0.717, 1.165) is 5.92 Å². The van der Waals surface area contributed by atoms with Gasteiger partial charge >= 0.3 is 0 Å². The minimum absolute atomic E-state index is 0.560. The molecule has 1 nitrogen and oxygen atoms in total. The van der Waals surface area contributed by atoms with Gasteiger partial charge in [0.2, 0.25) is 0 Å². The molecule has 0 aliphatic carbocycles. The highest BCUT2D eigenvalue weighted by atomic mass is 27.2. The normalized spacial score (nSPS) is 10.6. The van der Waals surface area contributed by atoms with Crippen LogP contribution in [-0.4, -0.2) is 19.1 Å². The summed E-state index contributed by atoms with van der Waals surface area (Å²) in [6.45, 7) is 6.99. The van der Waals surface area contributed by atoms with Crippen molar-refractivity contribution < 1.29 is 0 Å². The topological polar surface area (TPSA) is 12.9 Å². The fraction of sp³-hybridized carbons (Fsp3) is 0.583. The molecule has 0 aromatic carbocycles. The highest BCUT2D eigenvalue weighted by molar-refractivity contribution is 6.58. The molecule has 2 heteroatoms. The molecule has 0 amide bonds. The van der Waals surface area contributed by atoms with Gasteiger partial charge in [-0.2, -0.15) is 0 Å². The zero-order valence-corrected chi connectivity index (χ0v) is 10.7. The molecule has 1 heterocycles. The van der Waals surface area contributed by atoms with Gasteiger partial charge in [0.05, 0.1) is 0 Å². The lowest BCUT2D eigenvalue weighted by Crippen LogP contribution is -2.18. The summed E-state index contributed by atoms with van der Waals surface area (Å²) in [4.78, 5) is 4.41. The molecule has 0 N–H and O–H groups in total. The third kappa shape index (κ3) is 4.26. The van der Waals surface area contributed by atoms with Gasteiger partial charge in [-0.1, -0.05) is 48.6 Å². The average molecular weight is 205 g/mol. The Morgan fingerprint density at radius 3 is 2.64 bits per heavy atom. The molecule has 0 unspecified atom stereocenters. The maximum Gasteiger partial charge on any atom is 0.269 e. The van der Waals surface area contributed by atoms with Crippen molar-refractivity contribution in [3.05, 3.63) is 30.1 Å². The van der Waals surface area contributed by atoms with Crippen LogP contribution in [0.15, 0.2) is 24.4 Å². The summed E-state index contributed by atoms with van der Waals surface area (Å²) in [5.41, 5.74) is 1.30. The zero-order chi connectivity index (χ0) is 10.4. The summed E-state index contributed by atoms with van der Waals surface area (Å²) >= 11 is -0.560. The van der Waals surface area contributed by atoms with Crippen molar-refractivity contribution in [1.82, 2.24) is 4.98 Å². The Kier molecular flexibility index (Phi) is 5.22. The highest BCUT2D eigenvalue weighted by Gasteiger charge is 2.16. The standard InChI is InChI=1S/C6H6N.C4H9.C2H5.Al/c1-6-4-2-3-5-7-6;1-4(2)3;1-2;/h2-5H,1H2;4H,1H2,2-3H3;1H2,2H3;. The van der Waals surface area contributed by atoms with Gasteiger partial charge < -0.3 is 0 Å². The van der Waals surface area contributed by atoms with Crippen LogP contribution < -0.4 is 0 Å². The summed E-state index contributed by atoms with van der Waals surface area (Å²) in [5, 5.41) is 4.12. The van der Waals surface area contributed by atoms with Gasteiger partial charge in [0.1, 0.15) is 0 Å². The van der Waals surface area contributed by atoms with E-state index in [0.29, 0.717) is 0 Å². The van der Waals surface area contributed by atoms with Crippen LogP contribution in [0.25, 0.3) is 0 Å². The van der Waals surface area contributed by atoms with E-state index in [1.807, 2.05) is 12.3 Å². The van der Waals surface area contributed by atoms with Crippen LogP contribution in [0.2, 0.25) is 10.6 Å². The van der Waals surface area contributed by atoms with Crippen LogP contribution in [0.4, 0.5) is 0 Å². The minimum atomic E-state index is -0.560. The van der Waals surface area contributed by atoms with Crippen molar-refractivity contribution >= 4 is 14.1 Å². The van der Waals surface area contributed by atoms with Crippen LogP contribution in [0.3, 0.4) is 0 Å². The number of pyridine rings is 1. The lowest BCUT2D eigenvalue weighted by atomic mass is 10.3. The van der Waals surface area contributed by atoms with Crippen LogP contribution in [0, 0.1) is 5.92 Å². The molecular weight excluding hydrogens is 185 g/mol. The monoisotopic (exact) mass is 205 g/mol. The second-order valence-electron chi connectivity index (χ2n) is 4.43. The molecule has 0 bridgehead atoms. The van der Waals surface area contributed by atoms with Crippen molar-refractivity contribution in [1.29, 1.82) is 0 Å². The molecule has 14 heavy (non-hydrogen) atoms. The molecule has 0 aliphatic heterocycles. The van der Waals surface area contributed by atoms with E-state index in [2.05, 4.69) is 37.9 Å². The van der Waals surface area contributed by atoms with E-state index in [4.69, 9.17) is 0 Å². The van der Waals surface area contributed by atoms with Crippen LogP contribution >= 0.6 is 0 Å². The lowest BCUT2D eigenvalue weighted by molar-refractivity contribution is 0.721. The van der Waals surface area contributed by atoms with Crippen molar-refractivity contribution in [2.24, 2.45) is 5.92 Å². The zero-order valence-electron chi connectivity index (χ0n) is 9.53. The van der Waals surface area contributed by atoms with Gasteiger partial charge in [-0.05, 0) is 12.1 Å². The van der Waals surface area contributed by atoms with Crippen molar-refractivity contribution in [3.8, 4) is 0 Å². The van der Waals surface area contributed by atoms with Crippen LogP contribution in [0.1, 0.15) is 26.5 Å². The Morgan fingerprint density at radius 2 is 2.14 bits per heavy atom. The Hall–Kier alpha value is -0.318. The second kappa shape index (κ2) is 6.22. The molecule has 1 aromatic heterocycles. The van der Waals surface area contributed by atoms with Crippen LogP contribution in [-0.2, 0) is 5.28 Å². The maximum absolute atomic E-state index is 4.41. The first-order valence-electron chi connectivity index (χ1n) is 5.62. The SMILES string of the molecule is C[CH2][Al]([CH2]c1ccccn1)[CH2]C(C)C. The molecule has 1 aromatic rings. The molecule has 76 valence electrons. The molecule has 0 aliphatic rings. The van der Waals surface area contributed by atoms with E-state index in [1.165, 1.54) is 21.5 Å². The smallest absolute Gasteiger partial charge is 0.263 e. The molecule has 0 saturated carbocycles. The fourth-order valence-corrected chi connectivity index (χ4v) is 4.83. The van der Waals surface area contributed by atoms with Gasteiger partial charge in [0.15, 0.2) is 0 Å². The Labute approximate surface area is 92.0 Å². The number of aromatic nitrogens is 1. The van der Waals surface area contributed by atoms with Crippen molar-refractivity contribution in [2.45, 2.75) is 36.6 Å². The van der Waals surface area contributed by atoms with Gasteiger partial charge in [0, 0.05) is 11.9 Å². The predicted molar refractivity (Wildman–Crippen MR) is 63.8 cm³/mol. The quantitative estimate of drug-likeness (QED) is 0.672. The lowest BCUT2D eigenvalue weighted by Gasteiger charge is -2.11. The summed E-state index contributed by atoms with van der Waals surface area (Å²) in [7, 11) is 0. The molecular formula is C12H20AlN. The third-order valence-corrected chi connectivity index (χ3v) is 6.37. The molecule has 0 spiro atoms. The molecule has 1 rings (SSSR count). The van der Waals surface area contributed by atoms with Crippen LogP contribution in [0.5, 0.6) is 0 Å². The molecule has 0 radical (unpaired) electrons. The van der Waals surface area contributed by atoms with Gasteiger partial charge in [-0.25, -0.2) is 0 Å². The largest absolute Gasteiger partial charge is 0.269 e. The number of hydrogen-bond donors (Lipinski definition) is 0. The van der Waals surface area contributed by atoms with E-state index in [9.17, 15) is 0 Å². The third-order valence-electron chi connectivity index (χ3n) is 2.61. The second-order valence-corrected chi connectivity index (χ2v) is 7.86. The molecule has 0 atom stereocenters.